The maximum Gasteiger partial charge on any atom is 0.258 e. The van der Waals surface area contributed by atoms with Crippen molar-refractivity contribution in [1.29, 1.82) is 0 Å². The molecule has 1 fully saturated rings. The Labute approximate surface area is 99.1 Å². The van der Waals surface area contributed by atoms with E-state index >= 15 is 0 Å². The molecule has 0 aromatic carbocycles. The van der Waals surface area contributed by atoms with Crippen LogP contribution in [-0.4, -0.2) is 36.6 Å². The van der Waals surface area contributed by atoms with Gasteiger partial charge >= 0.3 is 0 Å². The number of carbonyl (C=O) groups excluding carboxylic acids is 1. The molecule has 2 heterocycles. The van der Waals surface area contributed by atoms with Gasteiger partial charge in [-0.25, -0.2) is 0 Å². The molecule has 1 aliphatic heterocycles. The fraction of sp³-hybridized carbons (Fsp3) is 0.545. The first-order valence-electron chi connectivity index (χ1n) is 5.32. The van der Waals surface area contributed by atoms with Gasteiger partial charge < -0.3 is 14.1 Å². The third-order valence-electron chi connectivity index (χ3n) is 2.59. The molecule has 0 bridgehead atoms. The molecule has 2 rings (SSSR count). The summed E-state index contributed by atoms with van der Waals surface area (Å²) in [7, 11) is 0. The first kappa shape index (κ1) is 11.5. The monoisotopic (exact) mass is 243 g/mol. The van der Waals surface area contributed by atoms with E-state index in [1.54, 1.807) is 11.0 Å². The Morgan fingerprint density at radius 3 is 3.12 bits per heavy atom. The van der Waals surface area contributed by atoms with E-state index < -0.39 is 0 Å². The molecule has 88 valence electrons. The minimum absolute atomic E-state index is 0.0668. The first-order chi connectivity index (χ1) is 7.68. The topological polar surface area (TPSA) is 42.7 Å². The van der Waals surface area contributed by atoms with Crippen LogP contribution in [0.2, 0.25) is 5.22 Å². The highest BCUT2D eigenvalue weighted by Crippen LogP contribution is 2.19. The van der Waals surface area contributed by atoms with Crippen LogP contribution in [0, 0.1) is 0 Å². The second-order valence-electron chi connectivity index (χ2n) is 3.89. The Balaban J connectivity index is 2.12. The smallest absolute Gasteiger partial charge is 0.258 e. The van der Waals surface area contributed by atoms with Crippen LogP contribution >= 0.6 is 11.6 Å². The van der Waals surface area contributed by atoms with Gasteiger partial charge in [0.15, 0.2) is 0 Å². The van der Waals surface area contributed by atoms with Crippen molar-refractivity contribution in [1.82, 2.24) is 4.90 Å². The van der Waals surface area contributed by atoms with E-state index in [-0.39, 0.29) is 17.2 Å². The molecule has 1 aromatic heterocycles. The van der Waals surface area contributed by atoms with Gasteiger partial charge in [-0.1, -0.05) is 0 Å². The maximum atomic E-state index is 12.1. The van der Waals surface area contributed by atoms with Crippen molar-refractivity contribution in [2.24, 2.45) is 0 Å². The SMILES string of the molecule is CC1CN(C(=O)c2ccoc2Cl)CCCO1. The van der Waals surface area contributed by atoms with E-state index in [2.05, 4.69) is 0 Å². The first-order valence-corrected chi connectivity index (χ1v) is 5.70. The molecule has 1 unspecified atom stereocenters. The molecule has 0 aliphatic carbocycles. The van der Waals surface area contributed by atoms with Crippen molar-refractivity contribution in [2.45, 2.75) is 19.4 Å². The van der Waals surface area contributed by atoms with Crippen LogP contribution in [0.25, 0.3) is 0 Å². The lowest BCUT2D eigenvalue weighted by molar-refractivity contribution is 0.0562. The summed E-state index contributed by atoms with van der Waals surface area (Å²) in [6.07, 6.45) is 2.34. The number of halogens is 1. The lowest BCUT2D eigenvalue weighted by atomic mass is 10.2. The number of rotatable bonds is 1. The second kappa shape index (κ2) is 4.89. The van der Waals surface area contributed by atoms with Crippen molar-refractivity contribution in [3.63, 3.8) is 0 Å². The molecule has 16 heavy (non-hydrogen) atoms. The molecule has 1 aliphatic rings. The van der Waals surface area contributed by atoms with Gasteiger partial charge in [0.2, 0.25) is 5.22 Å². The van der Waals surface area contributed by atoms with Crippen molar-refractivity contribution in [3.05, 3.63) is 23.1 Å². The highest BCUT2D eigenvalue weighted by Gasteiger charge is 2.23. The Hall–Kier alpha value is -1.00. The summed E-state index contributed by atoms with van der Waals surface area (Å²) >= 11 is 5.79. The summed E-state index contributed by atoms with van der Waals surface area (Å²) in [6, 6.07) is 1.60. The van der Waals surface area contributed by atoms with E-state index in [1.165, 1.54) is 6.26 Å². The fourth-order valence-electron chi connectivity index (χ4n) is 1.80. The molecular weight excluding hydrogens is 230 g/mol. The number of ether oxygens (including phenoxy) is 1. The van der Waals surface area contributed by atoms with Crippen LogP contribution in [0.3, 0.4) is 0 Å². The Bertz CT molecular complexity index is 377. The number of hydrogen-bond acceptors (Lipinski definition) is 3. The van der Waals surface area contributed by atoms with Gasteiger partial charge in [-0.05, 0) is 31.0 Å². The number of amides is 1. The summed E-state index contributed by atoms with van der Waals surface area (Å²) in [5, 5.41) is 0.155. The van der Waals surface area contributed by atoms with Gasteiger partial charge in [0.1, 0.15) is 0 Å². The molecule has 0 N–H and O–H groups in total. The van der Waals surface area contributed by atoms with Gasteiger partial charge in [-0.2, -0.15) is 0 Å². The molecule has 5 heteroatoms. The Morgan fingerprint density at radius 1 is 1.62 bits per heavy atom. The van der Waals surface area contributed by atoms with Gasteiger partial charge in [0.25, 0.3) is 5.91 Å². The van der Waals surface area contributed by atoms with Crippen LogP contribution in [-0.2, 0) is 4.74 Å². The van der Waals surface area contributed by atoms with Crippen LogP contribution in [0.4, 0.5) is 0 Å². The van der Waals surface area contributed by atoms with Crippen LogP contribution in [0.1, 0.15) is 23.7 Å². The fourth-order valence-corrected chi connectivity index (χ4v) is 1.99. The summed E-state index contributed by atoms with van der Waals surface area (Å²) in [5.74, 6) is -0.0869. The van der Waals surface area contributed by atoms with Gasteiger partial charge in [-0.15, -0.1) is 0 Å². The van der Waals surface area contributed by atoms with Crippen molar-refractivity contribution < 1.29 is 13.9 Å². The van der Waals surface area contributed by atoms with E-state index in [0.29, 0.717) is 25.3 Å². The minimum atomic E-state index is -0.0869. The highest BCUT2D eigenvalue weighted by atomic mass is 35.5. The van der Waals surface area contributed by atoms with Crippen LogP contribution in [0.15, 0.2) is 16.7 Å². The summed E-state index contributed by atoms with van der Waals surface area (Å²) < 4.78 is 10.4. The molecule has 0 spiro atoms. The molecule has 1 aromatic rings. The molecule has 4 nitrogen and oxygen atoms in total. The molecule has 1 saturated heterocycles. The maximum absolute atomic E-state index is 12.1. The van der Waals surface area contributed by atoms with E-state index in [1.807, 2.05) is 6.92 Å². The molecular formula is C11H14ClNO3. The zero-order chi connectivity index (χ0) is 11.5. The van der Waals surface area contributed by atoms with Gasteiger partial charge in [0.05, 0.1) is 17.9 Å². The summed E-state index contributed by atoms with van der Waals surface area (Å²) in [5.41, 5.74) is 0.427. The van der Waals surface area contributed by atoms with Crippen molar-refractivity contribution >= 4 is 17.5 Å². The average molecular weight is 244 g/mol. The molecule has 0 saturated carbocycles. The lowest BCUT2D eigenvalue weighted by Gasteiger charge is -2.21. The summed E-state index contributed by atoms with van der Waals surface area (Å²) in [4.78, 5) is 13.9. The second-order valence-corrected chi connectivity index (χ2v) is 4.24. The lowest BCUT2D eigenvalue weighted by Crippen LogP contribution is -2.35. The Morgan fingerprint density at radius 2 is 2.44 bits per heavy atom. The minimum Gasteiger partial charge on any atom is -0.452 e. The van der Waals surface area contributed by atoms with E-state index in [4.69, 9.17) is 20.8 Å². The predicted octanol–water partition coefficient (Wildman–Crippen LogP) is 2.18. The van der Waals surface area contributed by atoms with Crippen LogP contribution in [0.5, 0.6) is 0 Å². The van der Waals surface area contributed by atoms with Gasteiger partial charge in [-0.3, -0.25) is 4.79 Å². The third kappa shape index (κ3) is 2.39. The number of furan rings is 1. The van der Waals surface area contributed by atoms with E-state index in [9.17, 15) is 4.79 Å². The number of nitrogens with zero attached hydrogens (tertiary/aromatic N) is 1. The average Bonchev–Trinajstić information content (AvgIpc) is 2.55. The Kier molecular flexibility index (Phi) is 3.51. The van der Waals surface area contributed by atoms with Crippen LogP contribution < -0.4 is 0 Å². The predicted molar refractivity (Wildman–Crippen MR) is 59.7 cm³/mol. The van der Waals surface area contributed by atoms with E-state index in [0.717, 1.165) is 6.42 Å². The third-order valence-corrected chi connectivity index (χ3v) is 2.88. The van der Waals surface area contributed by atoms with Crippen molar-refractivity contribution in [3.8, 4) is 0 Å². The number of carbonyl (C=O) groups is 1. The zero-order valence-electron chi connectivity index (χ0n) is 9.11. The van der Waals surface area contributed by atoms with Crippen molar-refractivity contribution in [2.75, 3.05) is 19.7 Å². The van der Waals surface area contributed by atoms with Gasteiger partial charge in [0, 0.05) is 19.7 Å². The largest absolute Gasteiger partial charge is 0.452 e. The molecule has 1 amide bonds. The standard InChI is InChI=1S/C11H14ClNO3/c1-8-7-13(4-2-5-15-8)11(14)9-3-6-16-10(9)12/h3,6,8H,2,4-5,7H2,1H3. The molecule has 0 radical (unpaired) electrons. The summed E-state index contributed by atoms with van der Waals surface area (Å²) in [6.45, 7) is 3.96. The quantitative estimate of drug-likeness (QED) is 0.759. The normalized spacial score (nSPS) is 21.9. The molecule has 1 atom stereocenters. The number of hydrogen-bond donors (Lipinski definition) is 0. The zero-order valence-corrected chi connectivity index (χ0v) is 9.87. The highest BCUT2D eigenvalue weighted by molar-refractivity contribution is 6.32.